The van der Waals surface area contributed by atoms with Crippen LogP contribution < -0.4 is 16.0 Å². The smallest absolute Gasteiger partial charge is 0.269 e. The van der Waals surface area contributed by atoms with E-state index in [9.17, 15) is 4.79 Å². The summed E-state index contributed by atoms with van der Waals surface area (Å²) in [5, 5.41) is 2.77. The van der Waals surface area contributed by atoms with Gasteiger partial charge in [0.25, 0.3) is 5.91 Å². The zero-order chi connectivity index (χ0) is 13.8. The summed E-state index contributed by atoms with van der Waals surface area (Å²) in [4.78, 5) is 18.2. The van der Waals surface area contributed by atoms with E-state index in [0.29, 0.717) is 18.3 Å². The van der Waals surface area contributed by atoms with Crippen LogP contribution in [0.15, 0.2) is 18.3 Å². The molecular weight excluding hydrogens is 240 g/mol. The number of rotatable bonds is 3. The lowest BCUT2D eigenvalue weighted by Gasteiger charge is -2.38. The minimum absolute atomic E-state index is 0.120. The second kappa shape index (κ2) is 6.02. The highest BCUT2D eigenvalue weighted by atomic mass is 16.1. The Labute approximate surface area is 114 Å². The van der Waals surface area contributed by atoms with Crippen LogP contribution in [0.25, 0.3) is 0 Å². The molecular formula is C14H22N4O. The molecule has 1 saturated heterocycles. The number of hydrogen-bond acceptors (Lipinski definition) is 4. The van der Waals surface area contributed by atoms with Crippen molar-refractivity contribution < 1.29 is 4.79 Å². The number of carbonyl (C=O) groups is 1. The predicted octanol–water partition coefficient (Wildman–Crippen LogP) is 1.15. The Morgan fingerprint density at radius 2 is 2.42 bits per heavy atom. The second-order valence-electron chi connectivity index (χ2n) is 5.09. The number of anilines is 1. The van der Waals surface area contributed by atoms with Gasteiger partial charge in [0.05, 0.1) is 0 Å². The van der Waals surface area contributed by atoms with E-state index in [0.717, 1.165) is 25.1 Å². The van der Waals surface area contributed by atoms with E-state index in [1.54, 1.807) is 6.20 Å². The van der Waals surface area contributed by atoms with Crippen LogP contribution in [0, 0.1) is 0 Å². The minimum Gasteiger partial charge on any atom is -0.369 e. The molecule has 0 aliphatic carbocycles. The molecule has 1 amide bonds. The summed E-state index contributed by atoms with van der Waals surface area (Å²) < 4.78 is 0. The number of nitrogens with two attached hydrogens (primary N) is 1. The van der Waals surface area contributed by atoms with Crippen LogP contribution in [0.5, 0.6) is 0 Å². The highest BCUT2D eigenvalue weighted by molar-refractivity contribution is 5.93. The first-order chi connectivity index (χ1) is 9.11. The van der Waals surface area contributed by atoms with Crippen molar-refractivity contribution in [2.75, 3.05) is 18.0 Å². The van der Waals surface area contributed by atoms with Gasteiger partial charge >= 0.3 is 0 Å². The van der Waals surface area contributed by atoms with Crippen LogP contribution >= 0.6 is 0 Å². The fraction of sp³-hybridized carbons (Fsp3) is 0.571. The molecule has 104 valence electrons. The molecule has 0 aromatic carbocycles. The number of pyridine rings is 1. The molecule has 0 spiro atoms. The van der Waals surface area contributed by atoms with Crippen molar-refractivity contribution in [1.29, 1.82) is 0 Å². The van der Waals surface area contributed by atoms with Gasteiger partial charge in [0.2, 0.25) is 0 Å². The molecule has 2 unspecified atom stereocenters. The monoisotopic (exact) mass is 262 g/mol. The Bertz CT molecular complexity index is 449. The maximum Gasteiger partial charge on any atom is 0.269 e. The number of aromatic nitrogens is 1. The third-order valence-corrected chi connectivity index (χ3v) is 3.56. The number of amides is 1. The lowest BCUT2D eigenvalue weighted by Crippen LogP contribution is -2.45. The van der Waals surface area contributed by atoms with Gasteiger partial charge < -0.3 is 16.0 Å². The Morgan fingerprint density at radius 1 is 1.63 bits per heavy atom. The van der Waals surface area contributed by atoms with Crippen LogP contribution in [-0.4, -0.2) is 36.1 Å². The van der Waals surface area contributed by atoms with Crippen molar-refractivity contribution in [2.45, 2.75) is 38.8 Å². The molecule has 2 heterocycles. The summed E-state index contributed by atoms with van der Waals surface area (Å²) in [5.74, 6) is -0.120. The highest BCUT2D eigenvalue weighted by Gasteiger charge is 2.23. The maximum atomic E-state index is 11.8. The summed E-state index contributed by atoms with van der Waals surface area (Å²) in [7, 11) is 0. The molecule has 0 radical (unpaired) electrons. The van der Waals surface area contributed by atoms with E-state index >= 15 is 0 Å². The number of nitrogens with one attached hydrogen (secondary N) is 1. The van der Waals surface area contributed by atoms with Gasteiger partial charge in [-0.2, -0.15) is 0 Å². The first-order valence-corrected chi connectivity index (χ1v) is 6.88. The van der Waals surface area contributed by atoms with E-state index in [4.69, 9.17) is 5.73 Å². The van der Waals surface area contributed by atoms with Gasteiger partial charge in [-0.05, 0) is 38.8 Å². The van der Waals surface area contributed by atoms with Crippen LogP contribution in [-0.2, 0) is 0 Å². The lowest BCUT2D eigenvalue weighted by molar-refractivity contribution is 0.0951. The van der Waals surface area contributed by atoms with Gasteiger partial charge in [0.15, 0.2) is 0 Å². The summed E-state index contributed by atoms with van der Waals surface area (Å²) in [6.45, 7) is 5.61. The molecule has 5 nitrogen and oxygen atoms in total. The average Bonchev–Trinajstić information content (AvgIpc) is 2.39. The predicted molar refractivity (Wildman–Crippen MR) is 76.3 cm³/mol. The first kappa shape index (κ1) is 13.8. The van der Waals surface area contributed by atoms with Gasteiger partial charge in [-0.15, -0.1) is 0 Å². The quantitative estimate of drug-likeness (QED) is 0.857. The Morgan fingerprint density at radius 3 is 3.11 bits per heavy atom. The normalized spacial score (nSPS) is 23.2. The van der Waals surface area contributed by atoms with Gasteiger partial charge in [-0.3, -0.25) is 9.78 Å². The molecule has 1 fully saturated rings. The molecule has 3 N–H and O–H groups in total. The van der Waals surface area contributed by atoms with E-state index in [2.05, 4.69) is 22.1 Å². The second-order valence-corrected chi connectivity index (χ2v) is 5.09. The van der Waals surface area contributed by atoms with Crippen molar-refractivity contribution in [2.24, 2.45) is 5.73 Å². The van der Waals surface area contributed by atoms with Gasteiger partial charge in [0.1, 0.15) is 5.69 Å². The van der Waals surface area contributed by atoms with E-state index in [1.807, 2.05) is 19.1 Å². The molecule has 0 bridgehead atoms. The average molecular weight is 262 g/mol. The Balaban J connectivity index is 2.16. The topological polar surface area (TPSA) is 71.2 Å². The molecule has 1 aromatic rings. The van der Waals surface area contributed by atoms with Crippen molar-refractivity contribution in [3.63, 3.8) is 0 Å². The molecule has 0 saturated carbocycles. The van der Waals surface area contributed by atoms with Gasteiger partial charge in [-0.1, -0.05) is 0 Å². The fourth-order valence-electron chi connectivity index (χ4n) is 2.57. The zero-order valence-electron chi connectivity index (χ0n) is 11.6. The molecule has 1 aliphatic heterocycles. The van der Waals surface area contributed by atoms with Crippen molar-refractivity contribution >= 4 is 11.6 Å². The minimum atomic E-state index is -0.120. The number of carbonyl (C=O) groups excluding carboxylic acids is 1. The molecule has 2 rings (SSSR count). The Kier molecular flexibility index (Phi) is 4.37. The number of hydrogen-bond donors (Lipinski definition) is 2. The van der Waals surface area contributed by atoms with E-state index < -0.39 is 0 Å². The van der Waals surface area contributed by atoms with Gasteiger partial charge in [0, 0.05) is 37.1 Å². The zero-order valence-corrected chi connectivity index (χ0v) is 11.6. The number of nitrogens with zero attached hydrogens (tertiary/aromatic N) is 2. The highest BCUT2D eigenvalue weighted by Crippen LogP contribution is 2.24. The van der Waals surface area contributed by atoms with Crippen molar-refractivity contribution in [3.8, 4) is 0 Å². The molecule has 1 aliphatic rings. The molecule has 5 heteroatoms. The lowest BCUT2D eigenvalue weighted by atomic mass is 9.98. The largest absolute Gasteiger partial charge is 0.369 e. The summed E-state index contributed by atoms with van der Waals surface area (Å²) >= 11 is 0. The van der Waals surface area contributed by atoms with Crippen LogP contribution in [0.1, 0.15) is 37.2 Å². The van der Waals surface area contributed by atoms with Crippen LogP contribution in [0.2, 0.25) is 0 Å². The Hall–Kier alpha value is -1.62. The standard InChI is InChI=1S/C14H22N4O/c1-3-16-14(19)13-9-12(4-6-17-13)18-7-5-11(15)8-10(18)2/h4,6,9-11H,3,5,7-8,15H2,1-2H3,(H,16,19). The van der Waals surface area contributed by atoms with Crippen molar-refractivity contribution in [1.82, 2.24) is 10.3 Å². The molecule has 1 aromatic heterocycles. The fourth-order valence-corrected chi connectivity index (χ4v) is 2.57. The summed E-state index contributed by atoms with van der Waals surface area (Å²) in [6.07, 6.45) is 3.67. The SMILES string of the molecule is CCNC(=O)c1cc(N2CCC(N)CC2C)ccn1. The first-order valence-electron chi connectivity index (χ1n) is 6.88. The molecule has 2 atom stereocenters. The van der Waals surface area contributed by atoms with E-state index in [-0.39, 0.29) is 11.9 Å². The molecule has 19 heavy (non-hydrogen) atoms. The van der Waals surface area contributed by atoms with Crippen molar-refractivity contribution in [3.05, 3.63) is 24.0 Å². The maximum absolute atomic E-state index is 11.8. The van der Waals surface area contributed by atoms with Crippen LogP contribution in [0.4, 0.5) is 5.69 Å². The summed E-state index contributed by atoms with van der Waals surface area (Å²) in [6, 6.07) is 4.50. The third-order valence-electron chi connectivity index (χ3n) is 3.56. The number of piperidine rings is 1. The summed E-state index contributed by atoms with van der Waals surface area (Å²) in [5.41, 5.74) is 7.51. The van der Waals surface area contributed by atoms with Gasteiger partial charge in [-0.25, -0.2) is 0 Å². The third kappa shape index (κ3) is 3.23. The van der Waals surface area contributed by atoms with Crippen LogP contribution in [0.3, 0.4) is 0 Å². The van der Waals surface area contributed by atoms with E-state index in [1.165, 1.54) is 0 Å².